The number of nitrogens with one attached hydrogen (secondary N) is 2. The van der Waals surface area contributed by atoms with Gasteiger partial charge in [0.15, 0.2) is 0 Å². The van der Waals surface area contributed by atoms with Crippen LogP contribution >= 0.6 is 0 Å². The van der Waals surface area contributed by atoms with E-state index in [9.17, 15) is 4.79 Å². The fourth-order valence-electron chi connectivity index (χ4n) is 5.07. The molecule has 0 aromatic carbocycles. The van der Waals surface area contributed by atoms with Crippen molar-refractivity contribution in [3.63, 3.8) is 0 Å². The van der Waals surface area contributed by atoms with Crippen molar-refractivity contribution in [3.05, 3.63) is 17.7 Å². The molecule has 1 saturated carbocycles. The second kappa shape index (κ2) is 6.98. The Morgan fingerprint density at radius 3 is 3.00 bits per heavy atom. The average molecular weight is 346 g/mol. The maximum atomic E-state index is 12.5. The minimum Gasteiger partial charge on any atom is -0.381 e. The molecular formula is C19H30N4O2. The topological polar surface area (TPSA) is 68.2 Å². The van der Waals surface area contributed by atoms with Gasteiger partial charge in [-0.05, 0) is 50.9 Å². The number of hydrogen-bond acceptors (Lipinski definition) is 3. The Labute approximate surface area is 149 Å². The van der Waals surface area contributed by atoms with Gasteiger partial charge in [0.25, 0.3) is 0 Å². The predicted molar refractivity (Wildman–Crippen MR) is 95.6 cm³/mol. The highest BCUT2D eigenvalue weighted by atomic mass is 16.5. The first-order chi connectivity index (χ1) is 12.2. The van der Waals surface area contributed by atoms with Crippen molar-refractivity contribution in [2.75, 3.05) is 19.8 Å². The van der Waals surface area contributed by atoms with E-state index in [0.717, 1.165) is 63.4 Å². The van der Waals surface area contributed by atoms with Crippen LogP contribution < -0.4 is 10.6 Å². The first kappa shape index (κ1) is 16.9. The molecule has 6 nitrogen and oxygen atoms in total. The average Bonchev–Trinajstić information content (AvgIpc) is 3.17. The number of nitrogens with zero attached hydrogens (tertiary/aromatic N) is 2. The third kappa shape index (κ3) is 3.41. The lowest BCUT2D eigenvalue weighted by Crippen LogP contribution is -2.50. The van der Waals surface area contributed by atoms with E-state index in [0.29, 0.717) is 18.5 Å². The number of fused-ring (bicyclic) bond motifs is 1. The van der Waals surface area contributed by atoms with Gasteiger partial charge in [0.1, 0.15) is 5.82 Å². The van der Waals surface area contributed by atoms with E-state index >= 15 is 0 Å². The standard InChI is InChI=1S/C19H30N4O2/c1-14-13-23-9-3-4-15(17(23)21-14)12-20-18(24)22-16-5-2-6-19(16)7-10-25-11-8-19/h13,15-16H,2-12H2,1H3,(H2,20,22,24)/t15-,16+/m1/s1. The molecule has 25 heavy (non-hydrogen) atoms. The number of aryl methyl sites for hydroxylation is 2. The minimum absolute atomic E-state index is 0.0156. The summed E-state index contributed by atoms with van der Waals surface area (Å²) >= 11 is 0. The first-order valence-corrected chi connectivity index (χ1v) is 9.82. The number of hydrogen-bond donors (Lipinski definition) is 2. The van der Waals surface area contributed by atoms with Crippen LogP contribution in [0.1, 0.15) is 62.4 Å². The summed E-state index contributed by atoms with van der Waals surface area (Å²) in [5.41, 5.74) is 1.34. The molecule has 2 N–H and O–H groups in total. The monoisotopic (exact) mass is 346 g/mol. The van der Waals surface area contributed by atoms with Gasteiger partial charge in [0.05, 0.1) is 5.69 Å². The molecule has 3 heterocycles. The summed E-state index contributed by atoms with van der Waals surface area (Å²) in [6, 6.07) is 0.283. The van der Waals surface area contributed by atoms with Crippen LogP contribution in [0.4, 0.5) is 4.79 Å². The lowest BCUT2D eigenvalue weighted by atomic mass is 9.75. The van der Waals surface area contributed by atoms with Crippen molar-refractivity contribution >= 4 is 6.03 Å². The van der Waals surface area contributed by atoms with Crippen LogP contribution in [0.2, 0.25) is 0 Å². The summed E-state index contributed by atoms with van der Waals surface area (Å²) in [5.74, 6) is 1.46. The van der Waals surface area contributed by atoms with Gasteiger partial charge in [-0.25, -0.2) is 9.78 Å². The fraction of sp³-hybridized carbons (Fsp3) is 0.789. The largest absolute Gasteiger partial charge is 0.381 e. The van der Waals surface area contributed by atoms with Crippen molar-refractivity contribution < 1.29 is 9.53 Å². The minimum atomic E-state index is -0.0156. The summed E-state index contributed by atoms with van der Waals surface area (Å²) in [4.78, 5) is 17.2. The molecule has 1 aromatic heterocycles. The van der Waals surface area contributed by atoms with Crippen LogP contribution in [0.15, 0.2) is 6.20 Å². The number of carbonyl (C=O) groups excluding carboxylic acids is 1. The van der Waals surface area contributed by atoms with Crippen molar-refractivity contribution in [1.82, 2.24) is 20.2 Å². The van der Waals surface area contributed by atoms with E-state index in [-0.39, 0.29) is 11.4 Å². The second-order valence-electron chi connectivity index (χ2n) is 8.05. The molecule has 6 heteroatoms. The quantitative estimate of drug-likeness (QED) is 0.884. The van der Waals surface area contributed by atoms with Gasteiger partial charge in [-0.1, -0.05) is 6.42 Å². The molecule has 1 aromatic rings. The molecule has 1 aliphatic carbocycles. The van der Waals surface area contributed by atoms with E-state index in [1.165, 1.54) is 12.8 Å². The molecular weight excluding hydrogens is 316 g/mol. The highest BCUT2D eigenvalue weighted by Crippen LogP contribution is 2.45. The maximum absolute atomic E-state index is 12.5. The fourth-order valence-corrected chi connectivity index (χ4v) is 5.07. The van der Waals surface area contributed by atoms with Gasteiger partial charge in [-0.15, -0.1) is 0 Å². The SMILES string of the molecule is Cc1cn2c(n1)[C@@H](CNC(=O)N[C@H]1CCCC13CCOCC3)CCC2. The summed E-state index contributed by atoms with van der Waals surface area (Å²) in [5, 5.41) is 6.39. The highest BCUT2D eigenvalue weighted by Gasteiger charge is 2.44. The van der Waals surface area contributed by atoms with Gasteiger partial charge >= 0.3 is 6.03 Å². The summed E-state index contributed by atoms with van der Waals surface area (Å²) in [6.45, 7) is 5.43. The van der Waals surface area contributed by atoms with Crippen LogP contribution in [-0.2, 0) is 11.3 Å². The Morgan fingerprint density at radius 2 is 2.16 bits per heavy atom. The number of amides is 2. The van der Waals surface area contributed by atoms with Crippen molar-refractivity contribution in [3.8, 4) is 0 Å². The van der Waals surface area contributed by atoms with E-state index in [4.69, 9.17) is 4.74 Å². The normalized spacial score (nSPS) is 27.9. The number of ether oxygens (including phenoxy) is 1. The smallest absolute Gasteiger partial charge is 0.315 e. The Kier molecular flexibility index (Phi) is 4.71. The molecule has 1 spiro atoms. The molecule has 1 saturated heterocycles. The molecule has 0 unspecified atom stereocenters. The molecule has 138 valence electrons. The van der Waals surface area contributed by atoms with E-state index in [1.54, 1.807) is 0 Å². The Hall–Kier alpha value is -1.56. The van der Waals surface area contributed by atoms with Gasteiger partial charge in [-0.3, -0.25) is 0 Å². The maximum Gasteiger partial charge on any atom is 0.315 e. The van der Waals surface area contributed by atoms with Crippen LogP contribution in [0, 0.1) is 12.3 Å². The zero-order valence-electron chi connectivity index (χ0n) is 15.2. The summed E-state index contributed by atoms with van der Waals surface area (Å²) in [7, 11) is 0. The molecule has 3 aliphatic rings. The zero-order chi connectivity index (χ0) is 17.3. The van der Waals surface area contributed by atoms with Crippen molar-refractivity contribution in [2.24, 2.45) is 5.41 Å². The third-order valence-electron chi connectivity index (χ3n) is 6.45. The van der Waals surface area contributed by atoms with Crippen molar-refractivity contribution in [2.45, 2.75) is 70.4 Å². The van der Waals surface area contributed by atoms with Gasteiger partial charge in [0.2, 0.25) is 0 Å². The van der Waals surface area contributed by atoms with Crippen LogP contribution in [0.25, 0.3) is 0 Å². The Balaban J connectivity index is 1.32. The predicted octanol–water partition coefficient (Wildman–Crippen LogP) is 2.72. The summed E-state index contributed by atoms with van der Waals surface area (Å²) in [6.07, 6.45) is 10.1. The van der Waals surface area contributed by atoms with Crippen LogP contribution in [-0.4, -0.2) is 41.4 Å². The van der Waals surface area contributed by atoms with Crippen LogP contribution in [0.5, 0.6) is 0 Å². The highest BCUT2D eigenvalue weighted by molar-refractivity contribution is 5.74. The molecule has 4 rings (SSSR count). The van der Waals surface area contributed by atoms with E-state index in [2.05, 4.69) is 26.4 Å². The molecule has 2 atom stereocenters. The third-order valence-corrected chi connectivity index (χ3v) is 6.45. The lowest BCUT2D eigenvalue weighted by Gasteiger charge is -2.39. The Morgan fingerprint density at radius 1 is 1.32 bits per heavy atom. The zero-order valence-corrected chi connectivity index (χ0v) is 15.2. The first-order valence-electron chi connectivity index (χ1n) is 9.82. The molecule has 2 aliphatic heterocycles. The summed E-state index contributed by atoms with van der Waals surface area (Å²) < 4.78 is 7.78. The molecule has 0 bridgehead atoms. The van der Waals surface area contributed by atoms with E-state index in [1.807, 2.05) is 6.92 Å². The second-order valence-corrected chi connectivity index (χ2v) is 8.05. The number of imidazole rings is 1. The van der Waals surface area contributed by atoms with Gasteiger partial charge in [-0.2, -0.15) is 0 Å². The number of urea groups is 1. The Bertz CT molecular complexity index is 621. The van der Waals surface area contributed by atoms with Gasteiger partial charge < -0.3 is 19.9 Å². The van der Waals surface area contributed by atoms with Crippen LogP contribution in [0.3, 0.4) is 0 Å². The molecule has 0 radical (unpaired) electrons. The number of rotatable bonds is 3. The molecule has 2 amide bonds. The number of carbonyl (C=O) groups is 1. The molecule has 2 fully saturated rings. The number of aromatic nitrogens is 2. The lowest BCUT2D eigenvalue weighted by molar-refractivity contribution is 0.00623. The van der Waals surface area contributed by atoms with Gasteiger partial charge in [0, 0.05) is 44.5 Å². The van der Waals surface area contributed by atoms with E-state index < -0.39 is 0 Å². The van der Waals surface area contributed by atoms with Crippen molar-refractivity contribution in [1.29, 1.82) is 0 Å².